The van der Waals surface area contributed by atoms with E-state index in [-0.39, 0.29) is 22.3 Å². The van der Waals surface area contributed by atoms with Gasteiger partial charge in [0.2, 0.25) is 5.95 Å². The largest absolute Gasteiger partial charge is 0.433 e. The summed E-state index contributed by atoms with van der Waals surface area (Å²) in [5.74, 6) is -0.160. The number of aliphatic hydroxyl groups is 2. The van der Waals surface area contributed by atoms with Crippen LogP contribution in [0.2, 0.25) is 0 Å². The van der Waals surface area contributed by atoms with Gasteiger partial charge >= 0.3 is 6.18 Å². The van der Waals surface area contributed by atoms with E-state index >= 15 is 0 Å². The fourth-order valence-electron chi connectivity index (χ4n) is 3.25. The molecule has 3 aromatic rings. The fourth-order valence-corrected chi connectivity index (χ4v) is 4.17. The molecule has 0 saturated carbocycles. The molecule has 9 nitrogen and oxygen atoms in total. The molecule has 32 heavy (non-hydrogen) atoms. The molecule has 0 aliphatic carbocycles. The molecule has 3 rings (SSSR count). The van der Waals surface area contributed by atoms with E-state index in [1.165, 1.54) is 12.1 Å². The number of aromatic nitrogens is 4. The summed E-state index contributed by atoms with van der Waals surface area (Å²) in [6, 6.07) is 2.15. The lowest BCUT2D eigenvalue weighted by Gasteiger charge is -2.21. The Labute approximate surface area is 181 Å². The van der Waals surface area contributed by atoms with Crippen LogP contribution in [0.4, 0.5) is 19.1 Å². The summed E-state index contributed by atoms with van der Waals surface area (Å²) < 4.78 is 63.8. The number of nitrogens with zero attached hydrogens (tertiary/aromatic N) is 3. The van der Waals surface area contributed by atoms with Crippen LogP contribution in [0.1, 0.15) is 42.5 Å². The van der Waals surface area contributed by atoms with Gasteiger partial charge in [0.15, 0.2) is 15.5 Å². The van der Waals surface area contributed by atoms with Crippen LogP contribution in [-0.4, -0.2) is 44.8 Å². The van der Waals surface area contributed by atoms with E-state index in [9.17, 15) is 26.7 Å². The first-order valence-electron chi connectivity index (χ1n) is 9.49. The van der Waals surface area contributed by atoms with Gasteiger partial charge in [-0.15, -0.1) is 0 Å². The summed E-state index contributed by atoms with van der Waals surface area (Å²) in [6.45, 7) is 2.25. The summed E-state index contributed by atoms with van der Waals surface area (Å²) in [4.78, 5) is 14.8. The maximum atomic E-state index is 13.3. The van der Waals surface area contributed by atoms with Gasteiger partial charge in [-0.3, -0.25) is 0 Å². The smallest absolute Gasteiger partial charge is 0.392 e. The number of halogens is 3. The second-order valence-corrected chi connectivity index (χ2v) is 9.60. The van der Waals surface area contributed by atoms with Gasteiger partial charge in [0.25, 0.3) is 0 Å². The second kappa shape index (κ2) is 8.64. The van der Waals surface area contributed by atoms with Crippen LogP contribution >= 0.6 is 0 Å². The van der Waals surface area contributed by atoms with E-state index in [2.05, 4.69) is 25.3 Å². The van der Waals surface area contributed by atoms with Crippen molar-refractivity contribution < 1.29 is 31.8 Å². The molecule has 0 aliphatic rings. The Morgan fingerprint density at radius 1 is 1.12 bits per heavy atom. The summed E-state index contributed by atoms with van der Waals surface area (Å²) in [7, 11) is -3.61. The van der Waals surface area contributed by atoms with Gasteiger partial charge in [-0.1, -0.05) is 13.8 Å². The first-order valence-corrected chi connectivity index (χ1v) is 11.4. The molecule has 0 amide bonds. The van der Waals surface area contributed by atoms with Crippen LogP contribution in [0.15, 0.2) is 23.2 Å². The Kier molecular flexibility index (Phi) is 6.45. The number of aliphatic hydroxyl groups excluding tert-OH is 2. The van der Waals surface area contributed by atoms with Crippen molar-refractivity contribution in [3.05, 3.63) is 41.0 Å². The minimum Gasteiger partial charge on any atom is -0.392 e. The topological polar surface area (TPSA) is 141 Å². The lowest BCUT2D eigenvalue weighted by molar-refractivity contribution is -0.142. The highest BCUT2D eigenvalue weighted by atomic mass is 32.2. The van der Waals surface area contributed by atoms with Crippen LogP contribution in [0, 0.1) is 5.92 Å². The average Bonchev–Trinajstić information content (AvgIpc) is 3.11. The standard InChI is InChI=1S/C19H22F3N5O4S/c1-9(2)15(26-18-23-6-11(8-29)16(27-18)19(20,21)22)17-24-12-4-10(7-28)14(32(3,30)31)5-13(12)25-17/h4-6,9,15,28-29H,7-8H2,1-3H3,(H,24,25)(H,23,26,27). The molecule has 1 aromatic carbocycles. The maximum Gasteiger partial charge on any atom is 0.433 e. The van der Waals surface area contributed by atoms with Gasteiger partial charge in [-0.2, -0.15) is 13.2 Å². The SMILES string of the molecule is CC(C)C(Nc1ncc(CO)c(C(F)(F)F)n1)c1nc2cc(S(C)(=O)=O)c(CO)cc2[nH]1. The molecular formula is C19H22F3N5O4S. The number of benzene rings is 1. The highest BCUT2D eigenvalue weighted by molar-refractivity contribution is 7.90. The maximum absolute atomic E-state index is 13.3. The Balaban J connectivity index is 2.04. The van der Waals surface area contributed by atoms with Crippen molar-refractivity contribution in [2.75, 3.05) is 11.6 Å². The predicted octanol–water partition coefficient (Wildman–Crippen LogP) is 2.57. The number of hydrogen-bond donors (Lipinski definition) is 4. The van der Waals surface area contributed by atoms with E-state index in [1.54, 1.807) is 13.8 Å². The molecule has 0 radical (unpaired) electrons. The summed E-state index contributed by atoms with van der Waals surface area (Å²) in [5, 5.41) is 21.5. The molecule has 2 aromatic heterocycles. The van der Waals surface area contributed by atoms with Gasteiger partial charge in [0.05, 0.1) is 35.2 Å². The number of imidazole rings is 1. The molecule has 174 valence electrons. The van der Waals surface area contributed by atoms with Crippen LogP contribution in [0.25, 0.3) is 11.0 Å². The molecule has 4 N–H and O–H groups in total. The lowest BCUT2D eigenvalue weighted by Crippen LogP contribution is -2.21. The summed E-state index contributed by atoms with van der Waals surface area (Å²) in [6.07, 6.45) is -2.85. The van der Waals surface area contributed by atoms with Crippen molar-refractivity contribution in [1.82, 2.24) is 19.9 Å². The van der Waals surface area contributed by atoms with Crippen molar-refractivity contribution in [3.8, 4) is 0 Å². The molecular weight excluding hydrogens is 451 g/mol. The third-order valence-electron chi connectivity index (χ3n) is 4.80. The van der Waals surface area contributed by atoms with Gasteiger partial charge in [-0.05, 0) is 23.6 Å². The number of hydrogen-bond acceptors (Lipinski definition) is 8. The Hall–Kier alpha value is -2.77. The van der Waals surface area contributed by atoms with Crippen molar-refractivity contribution >= 4 is 26.8 Å². The van der Waals surface area contributed by atoms with Gasteiger partial charge in [0, 0.05) is 18.0 Å². The normalized spacial score (nSPS) is 13.7. The van der Waals surface area contributed by atoms with E-state index in [1.807, 2.05) is 0 Å². The minimum absolute atomic E-state index is 0.0580. The van der Waals surface area contributed by atoms with Crippen molar-refractivity contribution in [3.63, 3.8) is 0 Å². The number of rotatable bonds is 7. The number of aromatic amines is 1. The molecule has 2 heterocycles. The van der Waals surface area contributed by atoms with Crippen LogP contribution in [0.3, 0.4) is 0 Å². The number of alkyl halides is 3. The highest BCUT2D eigenvalue weighted by Gasteiger charge is 2.36. The molecule has 0 fully saturated rings. The molecule has 0 saturated heterocycles. The van der Waals surface area contributed by atoms with Crippen LogP contribution in [0.5, 0.6) is 0 Å². The van der Waals surface area contributed by atoms with Crippen molar-refractivity contribution in [2.24, 2.45) is 5.92 Å². The van der Waals surface area contributed by atoms with Gasteiger partial charge in [0.1, 0.15) is 5.82 Å². The number of fused-ring (bicyclic) bond motifs is 1. The van der Waals surface area contributed by atoms with Crippen LogP contribution < -0.4 is 5.32 Å². The third-order valence-corrected chi connectivity index (χ3v) is 5.98. The van der Waals surface area contributed by atoms with Crippen molar-refractivity contribution in [1.29, 1.82) is 0 Å². The number of nitrogens with one attached hydrogen (secondary N) is 2. The van der Waals surface area contributed by atoms with Crippen molar-refractivity contribution in [2.45, 2.75) is 44.2 Å². The molecule has 1 unspecified atom stereocenters. The monoisotopic (exact) mass is 473 g/mol. The van der Waals surface area contributed by atoms with E-state index in [0.717, 1.165) is 12.5 Å². The molecule has 1 atom stereocenters. The zero-order chi connectivity index (χ0) is 23.8. The molecule has 0 aliphatic heterocycles. The van der Waals surface area contributed by atoms with Gasteiger partial charge in [-0.25, -0.2) is 23.4 Å². The fraction of sp³-hybridized carbons (Fsp3) is 0.421. The Morgan fingerprint density at radius 2 is 1.78 bits per heavy atom. The van der Waals surface area contributed by atoms with E-state index < -0.39 is 46.5 Å². The first-order chi connectivity index (χ1) is 14.8. The number of H-pyrrole nitrogens is 1. The second-order valence-electron chi connectivity index (χ2n) is 7.62. The number of sulfone groups is 1. The van der Waals surface area contributed by atoms with Gasteiger partial charge < -0.3 is 20.5 Å². The first kappa shape index (κ1) is 23.9. The third kappa shape index (κ3) is 4.84. The average molecular weight is 473 g/mol. The Morgan fingerprint density at radius 3 is 2.31 bits per heavy atom. The Bertz CT molecular complexity index is 1240. The van der Waals surface area contributed by atoms with E-state index in [0.29, 0.717) is 16.9 Å². The quantitative estimate of drug-likeness (QED) is 0.410. The molecule has 13 heteroatoms. The lowest BCUT2D eigenvalue weighted by atomic mass is 10.0. The summed E-state index contributed by atoms with van der Waals surface area (Å²) >= 11 is 0. The predicted molar refractivity (Wildman–Crippen MR) is 109 cm³/mol. The minimum atomic E-state index is -4.77. The summed E-state index contributed by atoms with van der Waals surface area (Å²) in [5.41, 5.74) is -0.719. The van der Waals surface area contributed by atoms with E-state index in [4.69, 9.17) is 5.11 Å². The van der Waals surface area contributed by atoms with Crippen LogP contribution in [-0.2, 0) is 29.2 Å². The molecule has 0 bridgehead atoms. The number of anilines is 1. The highest BCUT2D eigenvalue weighted by Crippen LogP contribution is 2.32. The molecule has 0 spiro atoms. The zero-order valence-electron chi connectivity index (χ0n) is 17.4. The zero-order valence-corrected chi connectivity index (χ0v) is 18.2.